The second-order valence-corrected chi connectivity index (χ2v) is 28.0. The molecule has 76 heavy (non-hydrogen) atoms. The van der Waals surface area contributed by atoms with Gasteiger partial charge in [-0.25, -0.2) is 0 Å². The van der Waals surface area contributed by atoms with Crippen LogP contribution < -0.4 is 0 Å². The van der Waals surface area contributed by atoms with Crippen molar-refractivity contribution < 1.29 is 30.0 Å². The molecule has 8 aliphatic rings. The standard InChI is InChI=1S/C68H96N2O6/c1-41(55-23-25-57-53-21-17-47-35-51(73)27-31-65(47,5)59(53)29-33-67(55,57)7)15-19-49(71)37-61(69-39-45-13-9-11-43(3)63(45)75)62(70-40-46-14-10-12-44(4)64(46)76)38-50(72)20-16-42(2)56-24-26-58-54-22-18-48-36-52(74)28-32-66(48,6)60(54)30-34-68(56,58)8/h9-14,17-18,39-42,51-62,73-76H,15-16,19-38H2,1-8H3/t41-,42-,51?,52?,53?,54?,55?,56?,57?,58?,59?,60?,61+,62+,65-,66-,67+,68+/m0/s1. The number of phenolic OH excluding ortho intramolecular Hbond substituents is 2. The largest absolute Gasteiger partial charge is 0.507 e. The average molecular weight is 1040 g/mol. The van der Waals surface area contributed by atoms with E-state index in [-0.39, 0.29) is 69.8 Å². The Morgan fingerprint density at radius 2 is 0.987 bits per heavy atom. The first-order valence-corrected chi connectivity index (χ1v) is 30.7. The van der Waals surface area contributed by atoms with Gasteiger partial charge in [-0.15, -0.1) is 0 Å². The van der Waals surface area contributed by atoms with Gasteiger partial charge in [-0.05, 0) is 234 Å². The summed E-state index contributed by atoms with van der Waals surface area (Å²) in [5.74, 6) is 6.65. The predicted molar refractivity (Wildman–Crippen MR) is 307 cm³/mol. The number of fused-ring (bicyclic) bond motifs is 10. The van der Waals surface area contributed by atoms with Gasteiger partial charge in [0.25, 0.3) is 0 Å². The number of aromatic hydroxyl groups is 2. The van der Waals surface area contributed by atoms with Gasteiger partial charge < -0.3 is 20.4 Å². The van der Waals surface area contributed by atoms with Crippen molar-refractivity contribution in [1.82, 2.24) is 0 Å². The SMILES string of the molecule is Cc1cccc(C=N[C@H](CC(=O)CC[C@H](C)C2CCC3C4CC=C5CC(O)CC[C@]5(C)C4CC[C@@]32C)[C@@H](CC(=O)CC[C@H](C)C2CCC3C4CC=C5CC(O)CC[C@]5(C)C4CC[C@@]32C)N=Cc2cccc(C)c2O)c1O. The summed E-state index contributed by atoms with van der Waals surface area (Å²) in [6.45, 7) is 18.7. The molecule has 6 fully saturated rings. The maximum absolute atomic E-state index is 14.6. The number of ketones is 2. The van der Waals surface area contributed by atoms with E-state index in [9.17, 15) is 30.0 Å². The maximum Gasteiger partial charge on any atom is 0.135 e. The van der Waals surface area contributed by atoms with Gasteiger partial charge in [0.15, 0.2) is 0 Å². The van der Waals surface area contributed by atoms with Crippen molar-refractivity contribution in [3.05, 3.63) is 82.0 Å². The highest BCUT2D eigenvalue weighted by Crippen LogP contribution is 2.69. The van der Waals surface area contributed by atoms with Crippen molar-refractivity contribution in [2.45, 2.75) is 221 Å². The summed E-state index contributed by atoms with van der Waals surface area (Å²) in [6.07, 6.45) is 28.8. The van der Waals surface area contributed by atoms with Crippen LogP contribution in [0.3, 0.4) is 0 Å². The number of hydrogen-bond donors (Lipinski definition) is 4. The molecule has 8 heteroatoms. The number of phenols is 2. The normalized spacial score (nSPS) is 38.4. The summed E-state index contributed by atoms with van der Waals surface area (Å²) in [5.41, 5.74) is 6.61. The van der Waals surface area contributed by atoms with Crippen molar-refractivity contribution in [2.24, 2.45) is 90.8 Å². The van der Waals surface area contributed by atoms with Crippen LogP contribution in [-0.4, -0.2) is 68.7 Å². The van der Waals surface area contributed by atoms with E-state index in [0.29, 0.717) is 83.1 Å². The Balaban J connectivity index is 0.834. The quantitative estimate of drug-likeness (QED) is 0.0919. The maximum atomic E-state index is 14.6. The molecule has 0 amide bonds. The van der Waals surface area contributed by atoms with Crippen molar-refractivity contribution in [3.63, 3.8) is 0 Å². The third-order valence-electron chi connectivity index (χ3n) is 24.1. The Hall–Kier alpha value is -3.88. The molecule has 18 atom stereocenters. The second-order valence-electron chi connectivity index (χ2n) is 28.0. The van der Waals surface area contributed by atoms with Gasteiger partial charge >= 0.3 is 0 Å². The van der Waals surface area contributed by atoms with Crippen LogP contribution in [0.15, 0.2) is 69.7 Å². The first kappa shape index (κ1) is 55.4. The fourth-order valence-corrected chi connectivity index (χ4v) is 19.6. The van der Waals surface area contributed by atoms with E-state index in [4.69, 9.17) is 9.98 Å². The number of aliphatic hydroxyl groups is 2. The molecule has 4 N–H and O–H groups in total. The van der Waals surface area contributed by atoms with Gasteiger partial charge in [-0.1, -0.05) is 89.1 Å². The van der Waals surface area contributed by atoms with E-state index in [0.717, 1.165) is 75.3 Å². The van der Waals surface area contributed by atoms with E-state index in [2.05, 4.69) is 53.7 Å². The molecule has 2 aromatic rings. The zero-order valence-corrected chi connectivity index (χ0v) is 47.9. The number of hydrogen-bond acceptors (Lipinski definition) is 8. The van der Waals surface area contributed by atoms with Gasteiger partial charge in [-0.2, -0.15) is 0 Å². The molecule has 0 aromatic heterocycles. The molecule has 0 radical (unpaired) electrons. The van der Waals surface area contributed by atoms with E-state index in [1.54, 1.807) is 12.4 Å². The first-order chi connectivity index (χ1) is 36.2. The van der Waals surface area contributed by atoms with E-state index >= 15 is 0 Å². The number of Topliss-reactive ketones (excluding diaryl/α,β-unsaturated/α-hetero) is 2. The lowest BCUT2D eigenvalue weighted by Crippen LogP contribution is -2.50. The number of benzene rings is 2. The number of para-hydroxylation sites is 2. The second kappa shape index (κ2) is 22.0. The molecule has 0 saturated heterocycles. The number of nitrogens with zero attached hydrogens (tertiary/aromatic N) is 2. The van der Waals surface area contributed by atoms with Gasteiger partial charge in [0.2, 0.25) is 0 Å². The molecular weight excluding hydrogens is 941 g/mol. The van der Waals surface area contributed by atoms with E-state index in [1.807, 2.05) is 50.2 Å². The summed E-state index contributed by atoms with van der Waals surface area (Å²) < 4.78 is 0. The lowest BCUT2D eigenvalue weighted by molar-refractivity contribution is -0.122. The average Bonchev–Trinajstić information content (AvgIpc) is 4.03. The van der Waals surface area contributed by atoms with Crippen LogP contribution in [0.4, 0.5) is 0 Å². The Morgan fingerprint density at radius 3 is 1.39 bits per heavy atom. The van der Waals surface area contributed by atoms with Crippen LogP contribution in [0.1, 0.15) is 205 Å². The zero-order chi connectivity index (χ0) is 53.9. The van der Waals surface area contributed by atoms with Crippen LogP contribution in [-0.2, 0) is 9.59 Å². The van der Waals surface area contributed by atoms with E-state index in [1.165, 1.54) is 62.5 Å². The topological polar surface area (TPSA) is 140 Å². The Kier molecular flexibility index (Phi) is 16.0. The van der Waals surface area contributed by atoms with Crippen LogP contribution in [0, 0.1) is 94.7 Å². The molecular formula is C68H96N2O6. The fourth-order valence-electron chi connectivity index (χ4n) is 19.6. The van der Waals surface area contributed by atoms with Gasteiger partial charge in [0.05, 0.1) is 24.3 Å². The molecule has 414 valence electrons. The Morgan fingerprint density at radius 1 is 0.579 bits per heavy atom. The zero-order valence-electron chi connectivity index (χ0n) is 47.9. The molecule has 0 bridgehead atoms. The third-order valence-corrected chi connectivity index (χ3v) is 24.1. The minimum Gasteiger partial charge on any atom is -0.507 e. The number of aliphatic hydroxyl groups excluding tert-OH is 2. The molecule has 8 nitrogen and oxygen atoms in total. The molecule has 8 aliphatic carbocycles. The van der Waals surface area contributed by atoms with Crippen molar-refractivity contribution in [1.29, 1.82) is 0 Å². The Labute approximate surface area is 457 Å². The molecule has 2 aromatic carbocycles. The number of carbonyl (C=O) groups is 2. The molecule has 0 aliphatic heterocycles. The van der Waals surface area contributed by atoms with Crippen LogP contribution in [0.5, 0.6) is 11.5 Å². The van der Waals surface area contributed by atoms with Gasteiger partial charge in [-0.3, -0.25) is 19.6 Å². The van der Waals surface area contributed by atoms with Crippen molar-refractivity contribution >= 4 is 24.0 Å². The van der Waals surface area contributed by atoms with Gasteiger partial charge in [0, 0.05) is 49.2 Å². The number of allylic oxidation sites excluding steroid dienone is 2. The minimum absolute atomic E-state index is 0.126. The van der Waals surface area contributed by atoms with Crippen molar-refractivity contribution in [3.8, 4) is 11.5 Å². The number of aryl methyl sites for hydroxylation is 2. The molecule has 0 spiro atoms. The van der Waals surface area contributed by atoms with Gasteiger partial charge in [0.1, 0.15) is 23.1 Å². The summed E-state index contributed by atoms with van der Waals surface area (Å²) in [5, 5.41) is 43.3. The molecule has 10 rings (SSSR count). The summed E-state index contributed by atoms with van der Waals surface area (Å²) in [4.78, 5) is 39.3. The monoisotopic (exact) mass is 1040 g/mol. The summed E-state index contributed by atoms with van der Waals surface area (Å²) in [7, 11) is 0. The lowest BCUT2D eigenvalue weighted by atomic mass is 9.47. The van der Waals surface area contributed by atoms with E-state index < -0.39 is 12.1 Å². The predicted octanol–water partition coefficient (Wildman–Crippen LogP) is 14.6. The fraction of sp³-hybridized carbons (Fsp3) is 0.706. The van der Waals surface area contributed by atoms with Crippen molar-refractivity contribution in [2.75, 3.05) is 0 Å². The Bertz CT molecular complexity index is 2420. The molecule has 10 unspecified atom stereocenters. The molecule has 6 saturated carbocycles. The lowest BCUT2D eigenvalue weighted by Gasteiger charge is -2.58. The summed E-state index contributed by atoms with van der Waals surface area (Å²) >= 11 is 0. The number of rotatable bonds is 17. The highest BCUT2D eigenvalue weighted by molar-refractivity contribution is 5.87. The highest BCUT2D eigenvalue weighted by atomic mass is 16.3. The van der Waals surface area contributed by atoms with Crippen LogP contribution >= 0.6 is 0 Å². The number of carbonyl (C=O) groups excluding carboxylic acids is 2. The number of aliphatic imine (C=N–C) groups is 2. The first-order valence-electron chi connectivity index (χ1n) is 30.7. The molecule has 0 heterocycles. The highest BCUT2D eigenvalue weighted by Gasteiger charge is 2.61. The van der Waals surface area contributed by atoms with Crippen LogP contribution in [0.25, 0.3) is 0 Å². The third kappa shape index (κ3) is 10.3. The summed E-state index contributed by atoms with van der Waals surface area (Å²) in [6, 6.07) is 9.89. The smallest absolute Gasteiger partial charge is 0.135 e. The minimum atomic E-state index is -0.647. The van der Waals surface area contributed by atoms with Crippen LogP contribution in [0.2, 0.25) is 0 Å².